The zero-order chi connectivity index (χ0) is 13.2. The van der Waals surface area contributed by atoms with Gasteiger partial charge in [-0.05, 0) is 44.1 Å². The molecule has 19 heavy (non-hydrogen) atoms. The first-order valence-corrected chi connectivity index (χ1v) is 8.32. The van der Waals surface area contributed by atoms with Crippen molar-refractivity contribution in [3.05, 3.63) is 27.7 Å². The van der Waals surface area contributed by atoms with Gasteiger partial charge in [0.1, 0.15) is 4.90 Å². The van der Waals surface area contributed by atoms with Crippen LogP contribution in [0.5, 0.6) is 0 Å². The van der Waals surface area contributed by atoms with Crippen molar-refractivity contribution in [2.75, 3.05) is 13.1 Å². The summed E-state index contributed by atoms with van der Waals surface area (Å²) < 4.78 is 27.9. The molecule has 8 heteroatoms. The highest BCUT2D eigenvalue weighted by atomic mass is 79.9. The molecule has 0 spiro atoms. The van der Waals surface area contributed by atoms with E-state index in [2.05, 4.69) is 26.0 Å². The van der Waals surface area contributed by atoms with Gasteiger partial charge < -0.3 is 5.32 Å². The third-order valence-electron chi connectivity index (χ3n) is 2.84. The van der Waals surface area contributed by atoms with E-state index in [1.165, 1.54) is 6.07 Å². The third kappa shape index (κ3) is 4.58. The van der Waals surface area contributed by atoms with E-state index >= 15 is 0 Å². The van der Waals surface area contributed by atoms with Crippen LogP contribution in [0, 0.1) is 0 Å². The van der Waals surface area contributed by atoms with E-state index in [1.54, 1.807) is 12.1 Å². The molecule has 1 saturated heterocycles. The van der Waals surface area contributed by atoms with Gasteiger partial charge in [-0.1, -0.05) is 27.5 Å². The van der Waals surface area contributed by atoms with Gasteiger partial charge in [0.15, 0.2) is 0 Å². The topological polar surface area (TPSA) is 58.2 Å². The van der Waals surface area contributed by atoms with E-state index in [-0.39, 0.29) is 28.4 Å². The monoisotopic (exact) mass is 388 g/mol. The van der Waals surface area contributed by atoms with Gasteiger partial charge in [-0.3, -0.25) is 0 Å². The van der Waals surface area contributed by atoms with Crippen LogP contribution in [-0.2, 0) is 10.0 Å². The van der Waals surface area contributed by atoms with Crippen LogP contribution in [0.3, 0.4) is 0 Å². The molecular weight excluding hydrogens is 375 g/mol. The Morgan fingerprint density at radius 3 is 2.58 bits per heavy atom. The van der Waals surface area contributed by atoms with Gasteiger partial charge in [-0.2, -0.15) is 0 Å². The molecule has 0 unspecified atom stereocenters. The Morgan fingerprint density at radius 1 is 1.32 bits per heavy atom. The molecule has 0 aliphatic carbocycles. The van der Waals surface area contributed by atoms with E-state index < -0.39 is 10.0 Å². The molecule has 1 aromatic rings. The maximum absolute atomic E-state index is 12.2. The Morgan fingerprint density at radius 2 is 1.95 bits per heavy atom. The van der Waals surface area contributed by atoms with Crippen LogP contribution in [0.4, 0.5) is 0 Å². The summed E-state index contributed by atoms with van der Waals surface area (Å²) in [6.45, 7) is 1.67. The second-order valence-corrected chi connectivity index (χ2v) is 7.23. The fraction of sp³-hybridized carbons (Fsp3) is 0.455. The van der Waals surface area contributed by atoms with Gasteiger partial charge in [0.25, 0.3) is 0 Å². The highest BCUT2D eigenvalue weighted by molar-refractivity contribution is 9.10. The van der Waals surface area contributed by atoms with Crippen molar-refractivity contribution >= 4 is 50.0 Å². The molecular formula is C11H15BrCl2N2O2S. The van der Waals surface area contributed by atoms with Crippen molar-refractivity contribution in [1.82, 2.24) is 10.0 Å². The lowest BCUT2D eigenvalue weighted by Crippen LogP contribution is -2.42. The zero-order valence-electron chi connectivity index (χ0n) is 10.0. The van der Waals surface area contributed by atoms with Crippen LogP contribution in [-0.4, -0.2) is 27.5 Å². The van der Waals surface area contributed by atoms with Crippen molar-refractivity contribution < 1.29 is 8.42 Å². The van der Waals surface area contributed by atoms with E-state index in [0.29, 0.717) is 4.47 Å². The van der Waals surface area contributed by atoms with Crippen molar-refractivity contribution in [2.45, 2.75) is 23.8 Å². The minimum atomic E-state index is -3.55. The molecule has 1 aliphatic rings. The lowest BCUT2D eigenvalue weighted by atomic mass is 10.1. The fourth-order valence-electron chi connectivity index (χ4n) is 1.91. The maximum atomic E-state index is 12.2. The van der Waals surface area contributed by atoms with Gasteiger partial charge in [-0.15, -0.1) is 12.4 Å². The lowest BCUT2D eigenvalue weighted by Gasteiger charge is -2.23. The molecule has 0 aromatic heterocycles. The second-order valence-electron chi connectivity index (χ2n) is 4.22. The zero-order valence-corrected chi connectivity index (χ0v) is 14.0. The first-order chi connectivity index (χ1) is 8.49. The lowest BCUT2D eigenvalue weighted by molar-refractivity contribution is 0.427. The third-order valence-corrected chi connectivity index (χ3v) is 5.34. The first-order valence-electron chi connectivity index (χ1n) is 5.67. The molecule has 0 radical (unpaired) electrons. The van der Waals surface area contributed by atoms with E-state index in [0.717, 1.165) is 25.9 Å². The van der Waals surface area contributed by atoms with Gasteiger partial charge in [0.2, 0.25) is 10.0 Å². The molecule has 1 aromatic carbocycles. The summed E-state index contributed by atoms with van der Waals surface area (Å²) in [5.41, 5.74) is 0. The van der Waals surface area contributed by atoms with Crippen LogP contribution < -0.4 is 10.0 Å². The van der Waals surface area contributed by atoms with Crippen molar-refractivity contribution in [3.8, 4) is 0 Å². The number of hydrogen-bond acceptors (Lipinski definition) is 3. The summed E-state index contributed by atoms with van der Waals surface area (Å²) in [5, 5.41) is 3.43. The average Bonchev–Trinajstić information content (AvgIpc) is 2.33. The molecule has 2 N–H and O–H groups in total. The molecule has 0 amide bonds. The predicted octanol–water partition coefficient (Wildman–Crippen LogP) is 2.55. The Balaban J connectivity index is 0.00000180. The Bertz CT molecular complexity index is 533. The summed E-state index contributed by atoms with van der Waals surface area (Å²) in [6, 6.07) is 4.78. The predicted molar refractivity (Wildman–Crippen MR) is 82.6 cm³/mol. The average molecular weight is 390 g/mol. The molecule has 108 valence electrons. The number of nitrogens with one attached hydrogen (secondary N) is 2. The second kappa shape index (κ2) is 7.24. The molecule has 4 nitrogen and oxygen atoms in total. The summed E-state index contributed by atoms with van der Waals surface area (Å²) in [6.07, 6.45) is 1.59. The molecule has 0 saturated carbocycles. The number of piperidine rings is 1. The molecule has 1 aliphatic heterocycles. The van der Waals surface area contributed by atoms with Crippen LogP contribution in [0.1, 0.15) is 12.8 Å². The smallest absolute Gasteiger partial charge is 0.242 e. The number of benzene rings is 1. The molecule has 1 fully saturated rings. The summed E-state index contributed by atoms with van der Waals surface area (Å²) in [7, 11) is -3.55. The maximum Gasteiger partial charge on any atom is 0.242 e. The molecule has 0 bridgehead atoms. The SMILES string of the molecule is Cl.O=S(=O)(NC1CCNCC1)c1cc(Br)ccc1Cl. The van der Waals surface area contributed by atoms with Gasteiger partial charge in [-0.25, -0.2) is 13.1 Å². The van der Waals surface area contributed by atoms with Crippen LogP contribution >= 0.6 is 39.9 Å². The summed E-state index contributed by atoms with van der Waals surface area (Å²) in [4.78, 5) is 0.122. The van der Waals surface area contributed by atoms with E-state index in [9.17, 15) is 8.42 Å². The van der Waals surface area contributed by atoms with Crippen molar-refractivity contribution in [2.24, 2.45) is 0 Å². The van der Waals surface area contributed by atoms with E-state index in [1.807, 2.05) is 0 Å². The molecule has 2 rings (SSSR count). The largest absolute Gasteiger partial charge is 0.317 e. The van der Waals surface area contributed by atoms with Crippen LogP contribution in [0.15, 0.2) is 27.6 Å². The fourth-order valence-corrected chi connectivity index (χ4v) is 4.25. The number of sulfonamides is 1. The minimum absolute atomic E-state index is 0. The highest BCUT2D eigenvalue weighted by Crippen LogP contribution is 2.25. The Labute approximate surface area is 132 Å². The minimum Gasteiger partial charge on any atom is -0.317 e. The van der Waals surface area contributed by atoms with Gasteiger partial charge >= 0.3 is 0 Å². The Kier molecular flexibility index (Phi) is 6.56. The number of hydrogen-bond donors (Lipinski definition) is 2. The molecule has 1 heterocycles. The first kappa shape index (κ1) is 17.2. The number of rotatable bonds is 3. The Hall–Kier alpha value is 0.150. The van der Waals surface area contributed by atoms with Crippen molar-refractivity contribution in [1.29, 1.82) is 0 Å². The van der Waals surface area contributed by atoms with E-state index in [4.69, 9.17) is 11.6 Å². The molecule has 0 atom stereocenters. The summed E-state index contributed by atoms with van der Waals surface area (Å²) in [5.74, 6) is 0. The van der Waals surface area contributed by atoms with Crippen LogP contribution in [0.2, 0.25) is 5.02 Å². The normalized spacial score (nSPS) is 16.9. The number of halogens is 3. The standard InChI is InChI=1S/C11H14BrClN2O2S.ClH/c12-8-1-2-10(13)11(7-8)18(16,17)15-9-3-5-14-6-4-9;/h1-2,7,9,14-15H,3-6H2;1H. The van der Waals surface area contributed by atoms with Crippen molar-refractivity contribution in [3.63, 3.8) is 0 Å². The van der Waals surface area contributed by atoms with Gasteiger partial charge in [0, 0.05) is 10.5 Å². The van der Waals surface area contributed by atoms with Gasteiger partial charge in [0.05, 0.1) is 5.02 Å². The van der Waals surface area contributed by atoms with Crippen LogP contribution in [0.25, 0.3) is 0 Å². The quantitative estimate of drug-likeness (QED) is 0.835. The highest BCUT2D eigenvalue weighted by Gasteiger charge is 2.23. The summed E-state index contributed by atoms with van der Waals surface area (Å²) >= 11 is 9.20.